The van der Waals surface area contributed by atoms with Gasteiger partial charge in [0.15, 0.2) is 0 Å². The zero-order valence-corrected chi connectivity index (χ0v) is 5.52. The number of halogens is 1. The van der Waals surface area contributed by atoms with Crippen LogP contribution >= 0.6 is 11.6 Å². The second kappa shape index (κ2) is 2.23. The number of nitrogens with zero attached hydrogens (tertiary/aromatic N) is 1. The Kier molecular flexibility index (Phi) is 1.59. The van der Waals surface area contributed by atoms with E-state index in [1.165, 1.54) is 0 Å². The van der Waals surface area contributed by atoms with Crippen LogP contribution in [-0.2, 0) is 6.54 Å². The summed E-state index contributed by atoms with van der Waals surface area (Å²) < 4.78 is 1.97. The predicted molar refractivity (Wildman–Crippen MR) is 35.1 cm³/mol. The van der Waals surface area contributed by atoms with Crippen molar-refractivity contribution >= 4 is 11.6 Å². The van der Waals surface area contributed by atoms with E-state index >= 15 is 0 Å². The molecular formula is C6H8ClN. The Morgan fingerprint density at radius 1 is 1.75 bits per heavy atom. The molecule has 0 N–H and O–H groups in total. The fraction of sp³-hybridized carbons (Fsp3) is 0.333. The van der Waals surface area contributed by atoms with Gasteiger partial charge in [0.05, 0.1) is 0 Å². The van der Waals surface area contributed by atoms with E-state index in [1.807, 2.05) is 22.9 Å². The minimum Gasteiger partial charge on any atom is -0.339 e. The van der Waals surface area contributed by atoms with Crippen molar-refractivity contribution in [3.63, 3.8) is 0 Å². The topological polar surface area (TPSA) is 4.93 Å². The molecule has 0 aliphatic rings. The van der Waals surface area contributed by atoms with Gasteiger partial charge in [-0.25, -0.2) is 0 Å². The second-order valence-electron chi connectivity index (χ2n) is 1.62. The fourth-order valence-corrected chi connectivity index (χ4v) is 0.898. The molecule has 0 fully saturated rings. The highest BCUT2D eigenvalue weighted by Gasteiger charge is 1.89. The van der Waals surface area contributed by atoms with E-state index in [4.69, 9.17) is 11.6 Å². The molecule has 44 valence electrons. The van der Waals surface area contributed by atoms with Crippen molar-refractivity contribution in [2.75, 3.05) is 0 Å². The molecule has 0 radical (unpaired) electrons. The van der Waals surface area contributed by atoms with Gasteiger partial charge in [-0.2, -0.15) is 0 Å². The van der Waals surface area contributed by atoms with Gasteiger partial charge in [-0.3, -0.25) is 0 Å². The lowest BCUT2D eigenvalue weighted by molar-refractivity contribution is 0.770. The normalized spacial score (nSPS) is 9.75. The lowest BCUT2D eigenvalue weighted by atomic mass is 10.7. The van der Waals surface area contributed by atoms with Gasteiger partial charge in [0.25, 0.3) is 0 Å². The Balaban J connectivity index is 2.92. The molecule has 0 bridgehead atoms. The van der Waals surface area contributed by atoms with E-state index in [-0.39, 0.29) is 0 Å². The highest BCUT2D eigenvalue weighted by molar-refractivity contribution is 6.29. The van der Waals surface area contributed by atoms with Crippen molar-refractivity contribution in [1.29, 1.82) is 0 Å². The van der Waals surface area contributed by atoms with E-state index < -0.39 is 0 Å². The molecule has 0 aromatic carbocycles. The van der Waals surface area contributed by atoms with Crippen LogP contribution in [0.2, 0.25) is 5.15 Å². The average Bonchev–Trinajstić information content (AvgIpc) is 2.14. The minimum atomic E-state index is 0.813. The van der Waals surface area contributed by atoms with Crippen molar-refractivity contribution in [2.24, 2.45) is 0 Å². The number of aromatic nitrogens is 1. The van der Waals surface area contributed by atoms with E-state index in [2.05, 4.69) is 6.92 Å². The first-order valence-electron chi connectivity index (χ1n) is 2.65. The summed E-state index contributed by atoms with van der Waals surface area (Å²) >= 11 is 5.70. The number of hydrogen-bond acceptors (Lipinski definition) is 0. The van der Waals surface area contributed by atoms with Gasteiger partial charge in [-0.1, -0.05) is 11.6 Å². The maximum Gasteiger partial charge on any atom is 0.108 e. The summed E-state index contributed by atoms with van der Waals surface area (Å²) in [6.07, 6.45) is 1.96. The summed E-state index contributed by atoms with van der Waals surface area (Å²) in [7, 11) is 0. The van der Waals surface area contributed by atoms with E-state index in [9.17, 15) is 0 Å². The molecule has 0 aliphatic heterocycles. The molecule has 2 heteroatoms. The Hall–Kier alpha value is -0.430. The molecule has 0 atom stereocenters. The molecule has 1 aromatic rings. The monoisotopic (exact) mass is 129 g/mol. The van der Waals surface area contributed by atoms with E-state index in [0.717, 1.165) is 11.7 Å². The fourth-order valence-electron chi connectivity index (χ4n) is 0.650. The molecule has 0 saturated carbocycles. The Bertz CT molecular complexity index is 169. The summed E-state index contributed by atoms with van der Waals surface area (Å²) in [5.74, 6) is 0. The first-order valence-corrected chi connectivity index (χ1v) is 3.03. The molecular weight excluding hydrogens is 122 g/mol. The van der Waals surface area contributed by atoms with Crippen molar-refractivity contribution < 1.29 is 0 Å². The Morgan fingerprint density at radius 3 is 2.75 bits per heavy atom. The molecule has 1 rings (SSSR count). The standard InChI is InChI=1S/C6H8ClN/c1-2-8-5-3-4-6(8)7/h3-5H,2H2,1H3. The Morgan fingerprint density at radius 2 is 2.50 bits per heavy atom. The summed E-state index contributed by atoms with van der Waals surface area (Å²) in [5.41, 5.74) is 0. The van der Waals surface area contributed by atoms with Crippen molar-refractivity contribution in [3.05, 3.63) is 23.5 Å². The van der Waals surface area contributed by atoms with Gasteiger partial charge in [0.2, 0.25) is 0 Å². The lowest BCUT2D eigenvalue weighted by Crippen LogP contribution is -1.88. The molecule has 1 aromatic heterocycles. The minimum absolute atomic E-state index is 0.813. The van der Waals surface area contributed by atoms with Crippen LogP contribution in [-0.4, -0.2) is 4.57 Å². The molecule has 0 amide bonds. The highest BCUT2D eigenvalue weighted by Crippen LogP contribution is 2.07. The van der Waals surface area contributed by atoms with Crippen LogP contribution in [0.15, 0.2) is 18.3 Å². The first kappa shape index (κ1) is 5.70. The van der Waals surface area contributed by atoms with Crippen LogP contribution in [0.3, 0.4) is 0 Å². The third-order valence-corrected chi connectivity index (χ3v) is 1.46. The van der Waals surface area contributed by atoms with Crippen LogP contribution in [0, 0.1) is 0 Å². The molecule has 1 heterocycles. The largest absolute Gasteiger partial charge is 0.339 e. The van der Waals surface area contributed by atoms with E-state index in [0.29, 0.717) is 0 Å². The maximum absolute atomic E-state index is 5.70. The first-order chi connectivity index (χ1) is 3.84. The summed E-state index contributed by atoms with van der Waals surface area (Å²) in [4.78, 5) is 0. The highest BCUT2D eigenvalue weighted by atomic mass is 35.5. The van der Waals surface area contributed by atoms with Crippen molar-refractivity contribution in [2.45, 2.75) is 13.5 Å². The van der Waals surface area contributed by atoms with Gasteiger partial charge in [0, 0.05) is 12.7 Å². The third kappa shape index (κ3) is 0.869. The van der Waals surface area contributed by atoms with Crippen molar-refractivity contribution in [1.82, 2.24) is 4.57 Å². The summed E-state index contributed by atoms with van der Waals surface area (Å²) in [6.45, 7) is 3.01. The zero-order chi connectivity index (χ0) is 5.98. The number of rotatable bonds is 1. The predicted octanol–water partition coefficient (Wildman–Crippen LogP) is 2.16. The third-order valence-electron chi connectivity index (χ3n) is 1.11. The number of aryl methyl sites for hydroxylation is 1. The van der Waals surface area contributed by atoms with E-state index in [1.54, 1.807) is 0 Å². The van der Waals surface area contributed by atoms with Crippen LogP contribution in [0.4, 0.5) is 0 Å². The van der Waals surface area contributed by atoms with Gasteiger partial charge < -0.3 is 4.57 Å². The molecule has 1 nitrogen and oxygen atoms in total. The van der Waals surface area contributed by atoms with Gasteiger partial charge in [-0.15, -0.1) is 0 Å². The quantitative estimate of drug-likeness (QED) is 0.548. The SMILES string of the molecule is CCn1cccc1Cl. The van der Waals surface area contributed by atoms with Gasteiger partial charge in [0.1, 0.15) is 5.15 Å². The molecule has 0 saturated heterocycles. The van der Waals surface area contributed by atoms with Gasteiger partial charge >= 0.3 is 0 Å². The maximum atomic E-state index is 5.70. The zero-order valence-electron chi connectivity index (χ0n) is 4.76. The molecule has 0 unspecified atom stereocenters. The van der Waals surface area contributed by atoms with Crippen molar-refractivity contribution in [3.8, 4) is 0 Å². The van der Waals surface area contributed by atoms with Crippen LogP contribution in [0.1, 0.15) is 6.92 Å². The molecule has 0 spiro atoms. The molecule has 8 heavy (non-hydrogen) atoms. The second-order valence-corrected chi connectivity index (χ2v) is 2.00. The smallest absolute Gasteiger partial charge is 0.108 e. The summed E-state index contributed by atoms with van der Waals surface area (Å²) in [5, 5.41) is 0.813. The Labute approximate surface area is 53.9 Å². The lowest BCUT2D eigenvalue weighted by Gasteiger charge is -1.95. The van der Waals surface area contributed by atoms with Crippen LogP contribution < -0.4 is 0 Å². The number of hydrogen-bond donors (Lipinski definition) is 0. The van der Waals surface area contributed by atoms with Crippen LogP contribution in [0.5, 0.6) is 0 Å². The molecule has 0 aliphatic carbocycles. The summed E-state index contributed by atoms with van der Waals surface area (Å²) in [6, 6.07) is 3.82. The van der Waals surface area contributed by atoms with Crippen LogP contribution in [0.25, 0.3) is 0 Å². The van der Waals surface area contributed by atoms with Gasteiger partial charge in [-0.05, 0) is 19.1 Å². The average molecular weight is 130 g/mol.